The third kappa shape index (κ3) is 6.25. The number of aliphatic hydroxyl groups is 2. The molecule has 0 radical (unpaired) electrons. The number of nitrogens with zero attached hydrogens (tertiary/aromatic N) is 1. The number of aliphatic hydroxyl groups excluding tert-OH is 1. The molecule has 5 heterocycles. The largest absolute Gasteiger partial charge is 0.494 e. The van der Waals surface area contributed by atoms with Gasteiger partial charge in [0.2, 0.25) is 0 Å². The SMILES string of the molecule is CO/N=C1\C[C@]2(C[C@@H]3C[C@@H](C/C=C(\C)C[C@@H](C)/C=C/C=C4\OC[C@@H]5[C@H](O)C(C)=C[C@@H](C(=O)O3)[C@]45O)O2)O[C@H]([C@]2(C)OC2C(C)C)[C@H]1C. The zero-order valence-corrected chi connectivity index (χ0v) is 29.1. The molecule has 47 heavy (non-hydrogen) atoms. The van der Waals surface area contributed by atoms with Gasteiger partial charge in [0.15, 0.2) is 5.79 Å². The van der Waals surface area contributed by atoms with Gasteiger partial charge in [-0.25, -0.2) is 0 Å². The summed E-state index contributed by atoms with van der Waals surface area (Å²) in [4.78, 5) is 19.5. The quantitative estimate of drug-likeness (QED) is 0.184. The van der Waals surface area contributed by atoms with E-state index >= 15 is 0 Å². The molecule has 10 nitrogen and oxygen atoms in total. The van der Waals surface area contributed by atoms with E-state index in [9.17, 15) is 15.0 Å². The predicted molar refractivity (Wildman–Crippen MR) is 175 cm³/mol. The zero-order chi connectivity index (χ0) is 33.9. The van der Waals surface area contributed by atoms with E-state index in [1.807, 2.05) is 6.08 Å². The van der Waals surface area contributed by atoms with Crippen LogP contribution in [-0.4, -0.2) is 83.1 Å². The summed E-state index contributed by atoms with van der Waals surface area (Å²) in [5.74, 6) is -2.74. The van der Waals surface area contributed by atoms with Crippen LogP contribution in [0.15, 0.2) is 52.4 Å². The number of hydrogen-bond donors (Lipinski definition) is 2. The van der Waals surface area contributed by atoms with Crippen LogP contribution in [0, 0.1) is 29.6 Å². The monoisotopic (exact) mass is 655 g/mol. The van der Waals surface area contributed by atoms with E-state index in [1.165, 1.54) is 5.57 Å². The van der Waals surface area contributed by atoms with Gasteiger partial charge in [-0.1, -0.05) is 62.7 Å². The number of carbonyl (C=O) groups is 1. The molecule has 0 aromatic rings. The van der Waals surface area contributed by atoms with Gasteiger partial charge in [-0.2, -0.15) is 0 Å². The number of rotatable bonds is 3. The van der Waals surface area contributed by atoms with Crippen molar-refractivity contribution in [3.63, 3.8) is 0 Å². The van der Waals surface area contributed by atoms with Crippen molar-refractivity contribution in [3.05, 3.63) is 47.3 Å². The van der Waals surface area contributed by atoms with Crippen LogP contribution in [-0.2, 0) is 33.3 Å². The van der Waals surface area contributed by atoms with Crippen LogP contribution in [0.1, 0.15) is 80.6 Å². The molecule has 0 amide bonds. The van der Waals surface area contributed by atoms with Crippen molar-refractivity contribution >= 4 is 11.7 Å². The number of hydrogen-bond acceptors (Lipinski definition) is 10. The van der Waals surface area contributed by atoms with E-state index in [1.54, 1.807) is 26.2 Å². The number of epoxide rings is 1. The average molecular weight is 656 g/mol. The fraction of sp³-hybridized carbons (Fsp3) is 0.730. The highest BCUT2D eigenvalue weighted by Crippen LogP contribution is 2.53. The first-order valence-corrected chi connectivity index (χ1v) is 17.3. The van der Waals surface area contributed by atoms with E-state index < -0.39 is 47.0 Å². The normalized spacial score (nSPS) is 49.2. The minimum absolute atomic E-state index is 0.0309. The molecule has 4 fully saturated rings. The van der Waals surface area contributed by atoms with Crippen molar-refractivity contribution < 1.29 is 43.5 Å². The number of carbonyl (C=O) groups excluding carboxylic acids is 1. The third-order valence-corrected chi connectivity index (χ3v) is 11.2. The molecule has 0 saturated carbocycles. The number of oxime groups is 1. The molecular weight excluding hydrogens is 602 g/mol. The highest BCUT2D eigenvalue weighted by atomic mass is 16.7. The van der Waals surface area contributed by atoms with Crippen LogP contribution in [0.25, 0.3) is 0 Å². The molecule has 0 aromatic carbocycles. The number of fused-ring (bicyclic) bond motifs is 2. The van der Waals surface area contributed by atoms with Crippen LogP contribution in [0.5, 0.6) is 0 Å². The predicted octanol–water partition coefficient (Wildman–Crippen LogP) is 5.15. The molecule has 5 aliphatic heterocycles. The topological polar surface area (TPSA) is 129 Å². The molecule has 260 valence electrons. The van der Waals surface area contributed by atoms with Crippen LogP contribution in [0.3, 0.4) is 0 Å². The summed E-state index contributed by atoms with van der Waals surface area (Å²) in [6.45, 7) is 14.6. The number of allylic oxidation sites excluding steroid dienone is 4. The fourth-order valence-electron chi connectivity index (χ4n) is 8.76. The summed E-state index contributed by atoms with van der Waals surface area (Å²) >= 11 is 0. The molecular formula is C37H53NO9. The Morgan fingerprint density at radius 3 is 2.60 bits per heavy atom. The van der Waals surface area contributed by atoms with Crippen molar-refractivity contribution in [1.82, 2.24) is 0 Å². The van der Waals surface area contributed by atoms with Crippen LogP contribution < -0.4 is 0 Å². The molecule has 0 aromatic heterocycles. The van der Waals surface area contributed by atoms with Gasteiger partial charge in [0.25, 0.3) is 0 Å². The Hall–Kier alpha value is -2.50. The summed E-state index contributed by atoms with van der Waals surface area (Å²) in [6.07, 6.45) is 9.95. The van der Waals surface area contributed by atoms with Gasteiger partial charge in [-0.3, -0.25) is 4.79 Å². The summed E-state index contributed by atoms with van der Waals surface area (Å²) in [5, 5.41) is 27.7. The summed E-state index contributed by atoms with van der Waals surface area (Å²) < 4.78 is 32.5. The highest BCUT2D eigenvalue weighted by molar-refractivity contribution is 5.88. The highest BCUT2D eigenvalue weighted by Gasteiger charge is 2.66. The Morgan fingerprint density at radius 2 is 1.89 bits per heavy atom. The standard InChI is InChI=1S/C37H53NO9/c1-20(2)32-35(7,46-32)33-24(6)29(38-42-8)18-36(47-33)17-26-16-25(45-36)13-12-22(4)14-21(3)10-9-11-30-37(41)27(34(40)44-26)15-23(5)31(39)28(37)19-43-30/h9-12,15,20-21,24-28,31-33,39,41H,13-14,16-19H2,1-8H3/b10-9+,22-12+,30-11-,38-29+/t21-,24-,25+,26-,27-,28+,31+,32?,33-,35+,36-,37+/m0/s1. The van der Waals surface area contributed by atoms with Gasteiger partial charge >= 0.3 is 5.97 Å². The van der Waals surface area contributed by atoms with Gasteiger partial charge in [0, 0.05) is 25.2 Å². The first-order valence-electron chi connectivity index (χ1n) is 17.3. The van der Waals surface area contributed by atoms with E-state index in [0.29, 0.717) is 30.8 Å². The Bertz CT molecular complexity index is 1380. The van der Waals surface area contributed by atoms with Crippen molar-refractivity contribution in [2.45, 2.75) is 128 Å². The first-order chi connectivity index (χ1) is 22.2. The Morgan fingerprint density at radius 1 is 1.13 bits per heavy atom. The van der Waals surface area contributed by atoms with E-state index in [4.69, 9.17) is 28.5 Å². The fourth-order valence-corrected chi connectivity index (χ4v) is 8.76. The second kappa shape index (κ2) is 12.8. The molecule has 1 unspecified atom stereocenters. The Balaban J connectivity index is 1.38. The maximum atomic E-state index is 14.2. The molecule has 6 rings (SSSR count). The molecule has 12 atom stereocenters. The Labute approximate surface area is 278 Å². The molecule has 1 aliphatic carbocycles. The molecule has 4 saturated heterocycles. The first kappa shape index (κ1) is 34.4. The maximum Gasteiger partial charge on any atom is 0.316 e. The molecule has 6 aliphatic rings. The molecule has 2 N–H and O–H groups in total. The summed E-state index contributed by atoms with van der Waals surface area (Å²) in [7, 11) is 1.54. The minimum Gasteiger partial charge on any atom is -0.494 e. The molecule has 10 heteroatoms. The molecule has 2 bridgehead atoms. The lowest BCUT2D eigenvalue weighted by Gasteiger charge is -2.50. The number of esters is 1. The lowest BCUT2D eigenvalue weighted by molar-refractivity contribution is -0.324. The lowest BCUT2D eigenvalue weighted by atomic mass is 9.68. The Kier molecular flexibility index (Phi) is 9.32. The smallest absolute Gasteiger partial charge is 0.316 e. The van der Waals surface area contributed by atoms with Gasteiger partial charge in [-0.15, -0.1) is 0 Å². The van der Waals surface area contributed by atoms with Gasteiger partial charge < -0.3 is 38.7 Å². The summed E-state index contributed by atoms with van der Waals surface area (Å²) in [5.41, 5.74) is 0.376. The van der Waals surface area contributed by atoms with Gasteiger partial charge in [-0.05, 0) is 57.1 Å². The van der Waals surface area contributed by atoms with Gasteiger partial charge in [0.05, 0.1) is 36.5 Å². The van der Waals surface area contributed by atoms with Crippen LogP contribution in [0.2, 0.25) is 0 Å². The van der Waals surface area contributed by atoms with Crippen molar-refractivity contribution in [2.24, 2.45) is 34.7 Å². The maximum absolute atomic E-state index is 14.2. The summed E-state index contributed by atoms with van der Waals surface area (Å²) in [6, 6.07) is 0. The number of ether oxygens (including phenoxy) is 5. The second-order valence-corrected chi connectivity index (χ2v) is 15.3. The van der Waals surface area contributed by atoms with Crippen LogP contribution in [0.4, 0.5) is 0 Å². The van der Waals surface area contributed by atoms with E-state index in [-0.39, 0.29) is 48.9 Å². The average Bonchev–Trinajstić information content (AvgIpc) is 3.60. The van der Waals surface area contributed by atoms with Crippen molar-refractivity contribution in [1.29, 1.82) is 0 Å². The second-order valence-electron chi connectivity index (χ2n) is 15.3. The van der Waals surface area contributed by atoms with E-state index in [0.717, 1.165) is 12.1 Å². The lowest BCUT2D eigenvalue weighted by Crippen LogP contribution is -2.60. The minimum atomic E-state index is -1.75. The van der Waals surface area contributed by atoms with Gasteiger partial charge in [0.1, 0.15) is 42.2 Å². The van der Waals surface area contributed by atoms with E-state index in [2.05, 4.69) is 58.9 Å². The van der Waals surface area contributed by atoms with Crippen molar-refractivity contribution in [2.75, 3.05) is 13.7 Å². The van der Waals surface area contributed by atoms with Crippen molar-refractivity contribution in [3.8, 4) is 0 Å². The zero-order valence-electron chi connectivity index (χ0n) is 29.1. The third-order valence-electron chi connectivity index (χ3n) is 11.2. The van der Waals surface area contributed by atoms with Crippen LogP contribution >= 0.6 is 0 Å². The molecule has 1 spiro atoms.